The highest BCUT2D eigenvalue weighted by atomic mass is 15.3. The molecule has 3 rings (SSSR count). The molecule has 0 aliphatic rings. The van der Waals surface area contributed by atoms with E-state index in [0.29, 0.717) is 5.82 Å². The molecular weight excluding hydrogens is 226 g/mol. The van der Waals surface area contributed by atoms with Gasteiger partial charge in [-0.15, -0.1) is 10.2 Å². The Morgan fingerprint density at radius 3 is 2.67 bits per heavy atom. The molecular formula is C13H13N5. The van der Waals surface area contributed by atoms with Gasteiger partial charge in [0.2, 0.25) is 0 Å². The molecule has 0 aliphatic heterocycles. The molecule has 0 spiro atoms. The third kappa shape index (κ3) is 1.60. The van der Waals surface area contributed by atoms with Crippen LogP contribution in [0.2, 0.25) is 0 Å². The Hall–Kier alpha value is -2.43. The van der Waals surface area contributed by atoms with Crippen LogP contribution in [-0.4, -0.2) is 20.0 Å². The third-order valence-corrected chi connectivity index (χ3v) is 2.95. The minimum atomic E-state index is 0.456. The maximum atomic E-state index is 5.84. The van der Waals surface area contributed by atoms with E-state index in [4.69, 9.17) is 5.73 Å². The van der Waals surface area contributed by atoms with Crippen molar-refractivity contribution < 1.29 is 0 Å². The Bertz CT molecular complexity index is 701. The number of nitrogens with two attached hydrogens (primary N) is 1. The van der Waals surface area contributed by atoms with Crippen LogP contribution in [0.4, 0.5) is 5.82 Å². The van der Waals surface area contributed by atoms with Crippen molar-refractivity contribution in [3.05, 3.63) is 36.7 Å². The first kappa shape index (κ1) is 10.7. The van der Waals surface area contributed by atoms with Crippen LogP contribution < -0.4 is 5.73 Å². The summed E-state index contributed by atoms with van der Waals surface area (Å²) in [5, 5.41) is 14.4. The summed E-state index contributed by atoms with van der Waals surface area (Å²) in [6.45, 7) is 2.88. The minimum Gasteiger partial charge on any atom is -0.382 e. The highest BCUT2D eigenvalue weighted by Gasteiger charge is 2.10. The predicted molar refractivity (Wildman–Crippen MR) is 70.8 cm³/mol. The van der Waals surface area contributed by atoms with Gasteiger partial charge in [-0.1, -0.05) is 24.3 Å². The van der Waals surface area contributed by atoms with E-state index in [1.165, 1.54) is 0 Å². The van der Waals surface area contributed by atoms with Crippen LogP contribution in [0.25, 0.3) is 22.0 Å². The second kappa shape index (κ2) is 4.10. The van der Waals surface area contributed by atoms with E-state index in [1.54, 1.807) is 6.20 Å². The van der Waals surface area contributed by atoms with Gasteiger partial charge in [-0.05, 0) is 6.92 Å². The largest absolute Gasteiger partial charge is 0.382 e. The SMILES string of the molecule is CCn1cc(-c2nnc(N)c3ccccc23)cn1. The van der Waals surface area contributed by atoms with Crippen molar-refractivity contribution >= 4 is 16.6 Å². The van der Waals surface area contributed by atoms with Crippen LogP contribution in [0, 0.1) is 0 Å². The van der Waals surface area contributed by atoms with E-state index in [0.717, 1.165) is 28.6 Å². The lowest BCUT2D eigenvalue weighted by atomic mass is 10.1. The summed E-state index contributed by atoms with van der Waals surface area (Å²) >= 11 is 0. The quantitative estimate of drug-likeness (QED) is 0.743. The van der Waals surface area contributed by atoms with Crippen molar-refractivity contribution in [2.75, 3.05) is 5.73 Å². The van der Waals surface area contributed by atoms with Gasteiger partial charge in [0, 0.05) is 29.1 Å². The zero-order valence-corrected chi connectivity index (χ0v) is 10.0. The molecule has 0 aliphatic carbocycles. The van der Waals surface area contributed by atoms with Gasteiger partial charge in [0.15, 0.2) is 5.82 Å². The predicted octanol–water partition coefficient (Wildman–Crippen LogP) is 2.10. The second-order valence-corrected chi connectivity index (χ2v) is 4.06. The van der Waals surface area contributed by atoms with E-state index in [-0.39, 0.29) is 0 Å². The van der Waals surface area contributed by atoms with Gasteiger partial charge in [-0.2, -0.15) is 5.10 Å². The van der Waals surface area contributed by atoms with Crippen LogP contribution in [0.15, 0.2) is 36.7 Å². The summed E-state index contributed by atoms with van der Waals surface area (Å²) in [5.74, 6) is 0.456. The summed E-state index contributed by atoms with van der Waals surface area (Å²) in [6, 6.07) is 7.86. The third-order valence-electron chi connectivity index (χ3n) is 2.95. The number of anilines is 1. The zero-order chi connectivity index (χ0) is 12.5. The molecule has 0 amide bonds. The molecule has 0 saturated carbocycles. The van der Waals surface area contributed by atoms with Gasteiger partial charge in [-0.25, -0.2) is 0 Å². The summed E-state index contributed by atoms with van der Waals surface area (Å²) in [4.78, 5) is 0. The standard InChI is InChI=1S/C13H13N5/c1-2-18-8-9(7-15-18)12-10-5-3-4-6-11(10)13(14)17-16-12/h3-8H,2H2,1H3,(H2,14,17). The Morgan fingerprint density at radius 2 is 1.94 bits per heavy atom. The lowest BCUT2D eigenvalue weighted by molar-refractivity contribution is 0.660. The van der Waals surface area contributed by atoms with Gasteiger partial charge < -0.3 is 5.73 Å². The fourth-order valence-electron chi connectivity index (χ4n) is 2.00. The first-order chi connectivity index (χ1) is 8.79. The number of hydrogen-bond acceptors (Lipinski definition) is 4. The van der Waals surface area contributed by atoms with Gasteiger partial charge in [0.25, 0.3) is 0 Å². The first-order valence-corrected chi connectivity index (χ1v) is 5.83. The van der Waals surface area contributed by atoms with Crippen molar-refractivity contribution in [3.63, 3.8) is 0 Å². The highest BCUT2D eigenvalue weighted by Crippen LogP contribution is 2.27. The molecule has 0 saturated heterocycles. The van der Waals surface area contributed by atoms with Crippen LogP contribution in [-0.2, 0) is 6.54 Å². The van der Waals surface area contributed by atoms with Crippen LogP contribution in [0.5, 0.6) is 0 Å². The monoisotopic (exact) mass is 239 g/mol. The highest BCUT2D eigenvalue weighted by molar-refractivity contribution is 5.99. The van der Waals surface area contributed by atoms with E-state index in [1.807, 2.05) is 42.1 Å². The van der Waals surface area contributed by atoms with Gasteiger partial charge in [0.05, 0.1) is 6.20 Å². The normalized spacial score (nSPS) is 10.9. The minimum absolute atomic E-state index is 0.456. The number of fused-ring (bicyclic) bond motifs is 1. The van der Waals surface area contributed by atoms with Crippen LogP contribution in [0.3, 0.4) is 0 Å². The summed E-state index contributed by atoms with van der Waals surface area (Å²) < 4.78 is 1.86. The molecule has 90 valence electrons. The Balaban J connectivity index is 2.26. The van der Waals surface area contributed by atoms with Gasteiger partial charge in [0.1, 0.15) is 5.69 Å². The zero-order valence-electron chi connectivity index (χ0n) is 10.0. The fraction of sp³-hybridized carbons (Fsp3) is 0.154. The molecule has 2 N–H and O–H groups in total. The molecule has 18 heavy (non-hydrogen) atoms. The smallest absolute Gasteiger partial charge is 0.154 e. The molecule has 0 atom stereocenters. The van der Waals surface area contributed by atoms with Crippen molar-refractivity contribution in [1.82, 2.24) is 20.0 Å². The molecule has 0 bridgehead atoms. The number of nitrogens with zero attached hydrogens (tertiary/aromatic N) is 4. The van der Waals surface area contributed by atoms with E-state index < -0.39 is 0 Å². The molecule has 5 heteroatoms. The summed E-state index contributed by atoms with van der Waals surface area (Å²) in [6.07, 6.45) is 3.77. The molecule has 1 aromatic carbocycles. The Kier molecular flexibility index (Phi) is 2.44. The average molecular weight is 239 g/mol. The lowest BCUT2D eigenvalue weighted by Crippen LogP contribution is -1.97. The van der Waals surface area contributed by atoms with Crippen molar-refractivity contribution in [3.8, 4) is 11.3 Å². The van der Waals surface area contributed by atoms with Gasteiger partial charge in [-0.3, -0.25) is 4.68 Å². The molecule has 5 nitrogen and oxygen atoms in total. The van der Waals surface area contributed by atoms with E-state index in [9.17, 15) is 0 Å². The van der Waals surface area contributed by atoms with E-state index >= 15 is 0 Å². The number of rotatable bonds is 2. The summed E-state index contributed by atoms with van der Waals surface area (Å²) in [5.41, 5.74) is 7.62. The Labute approximate surface area is 104 Å². The maximum Gasteiger partial charge on any atom is 0.154 e. The fourth-order valence-corrected chi connectivity index (χ4v) is 2.00. The Morgan fingerprint density at radius 1 is 1.17 bits per heavy atom. The maximum absolute atomic E-state index is 5.84. The lowest BCUT2D eigenvalue weighted by Gasteiger charge is -2.04. The summed E-state index contributed by atoms with van der Waals surface area (Å²) in [7, 11) is 0. The second-order valence-electron chi connectivity index (χ2n) is 4.06. The molecule has 2 aromatic heterocycles. The van der Waals surface area contributed by atoms with Gasteiger partial charge >= 0.3 is 0 Å². The van der Waals surface area contributed by atoms with E-state index in [2.05, 4.69) is 15.3 Å². The first-order valence-electron chi connectivity index (χ1n) is 5.83. The van der Waals surface area contributed by atoms with Crippen molar-refractivity contribution in [1.29, 1.82) is 0 Å². The van der Waals surface area contributed by atoms with Crippen LogP contribution in [0.1, 0.15) is 6.92 Å². The topological polar surface area (TPSA) is 69.6 Å². The molecule has 0 radical (unpaired) electrons. The number of benzene rings is 1. The number of nitrogen functional groups attached to an aromatic ring is 1. The number of aryl methyl sites for hydroxylation is 1. The van der Waals surface area contributed by atoms with Crippen molar-refractivity contribution in [2.24, 2.45) is 0 Å². The average Bonchev–Trinajstić information content (AvgIpc) is 2.88. The molecule has 0 fully saturated rings. The number of hydrogen-bond donors (Lipinski definition) is 1. The molecule has 2 heterocycles. The molecule has 3 aromatic rings. The number of aromatic nitrogens is 4. The van der Waals surface area contributed by atoms with Crippen molar-refractivity contribution in [2.45, 2.75) is 13.5 Å². The molecule has 0 unspecified atom stereocenters. The van der Waals surface area contributed by atoms with Crippen LogP contribution >= 0.6 is 0 Å².